The first-order valence-electron chi connectivity index (χ1n) is 6.80. The van der Waals surface area contributed by atoms with E-state index in [0.717, 1.165) is 18.8 Å². The van der Waals surface area contributed by atoms with Crippen LogP contribution in [0.4, 0.5) is 11.4 Å². The van der Waals surface area contributed by atoms with Gasteiger partial charge in [0.2, 0.25) is 0 Å². The van der Waals surface area contributed by atoms with Crippen molar-refractivity contribution >= 4 is 17.3 Å². The van der Waals surface area contributed by atoms with Gasteiger partial charge in [-0.15, -0.1) is 0 Å². The number of rotatable bonds is 3. The number of nitrogen functional groups attached to an aromatic ring is 1. The van der Waals surface area contributed by atoms with Crippen molar-refractivity contribution in [3.05, 3.63) is 36.0 Å². The van der Waals surface area contributed by atoms with E-state index in [-0.39, 0.29) is 11.5 Å². The van der Waals surface area contributed by atoms with Gasteiger partial charge in [-0.3, -0.25) is 4.79 Å². The molecule has 21 heavy (non-hydrogen) atoms. The summed E-state index contributed by atoms with van der Waals surface area (Å²) in [6, 6.07) is 9.06. The second-order valence-corrected chi connectivity index (χ2v) is 5.03. The molecule has 0 aromatic heterocycles. The third-order valence-corrected chi connectivity index (χ3v) is 3.44. The Kier molecular flexibility index (Phi) is 4.80. The Morgan fingerprint density at radius 1 is 1.29 bits per heavy atom. The van der Waals surface area contributed by atoms with Crippen LogP contribution >= 0.6 is 0 Å². The maximum absolute atomic E-state index is 12.3. The molecule has 6 nitrogen and oxygen atoms in total. The standard InChI is InChI=1S/C15H19N5O/c1-19-6-8-20(9-7-19)15(21)12(10-16)11-18-14-4-2-13(17)3-5-14/h2-5,11,18H,6-9,17H2,1H3/b12-11-. The van der Waals surface area contributed by atoms with E-state index in [1.54, 1.807) is 29.2 Å². The summed E-state index contributed by atoms with van der Waals surface area (Å²) in [7, 11) is 2.02. The van der Waals surface area contributed by atoms with Crippen molar-refractivity contribution in [2.75, 3.05) is 44.3 Å². The fourth-order valence-electron chi connectivity index (χ4n) is 2.06. The average molecular weight is 285 g/mol. The minimum absolute atomic E-state index is 0.108. The summed E-state index contributed by atoms with van der Waals surface area (Å²) in [6.45, 7) is 2.96. The third kappa shape index (κ3) is 3.97. The van der Waals surface area contributed by atoms with Gasteiger partial charge in [0.15, 0.2) is 0 Å². The van der Waals surface area contributed by atoms with Crippen LogP contribution in [0.5, 0.6) is 0 Å². The predicted octanol–water partition coefficient (Wildman–Crippen LogP) is 0.862. The van der Waals surface area contributed by atoms with Gasteiger partial charge in [0.05, 0.1) is 0 Å². The third-order valence-electron chi connectivity index (χ3n) is 3.44. The molecule has 0 atom stereocenters. The van der Waals surface area contributed by atoms with Gasteiger partial charge in [-0.1, -0.05) is 0 Å². The number of nitrogens with two attached hydrogens (primary N) is 1. The number of benzene rings is 1. The Morgan fingerprint density at radius 3 is 2.48 bits per heavy atom. The van der Waals surface area contributed by atoms with Gasteiger partial charge < -0.3 is 20.9 Å². The van der Waals surface area contributed by atoms with Crippen molar-refractivity contribution in [2.24, 2.45) is 0 Å². The fourth-order valence-corrected chi connectivity index (χ4v) is 2.06. The molecule has 1 fully saturated rings. The molecular weight excluding hydrogens is 266 g/mol. The normalized spacial score (nSPS) is 16.4. The number of nitriles is 1. The molecule has 2 rings (SSSR count). The monoisotopic (exact) mass is 285 g/mol. The molecule has 1 aromatic rings. The van der Waals surface area contributed by atoms with Gasteiger partial charge >= 0.3 is 0 Å². The zero-order chi connectivity index (χ0) is 15.2. The first kappa shape index (κ1) is 14.9. The summed E-state index contributed by atoms with van der Waals surface area (Å²) >= 11 is 0. The van der Waals surface area contributed by atoms with Crippen LogP contribution in [-0.2, 0) is 4.79 Å². The Bertz CT molecular complexity index is 565. The molecule has 1 saturated heterocycles. The minimum Gasteiger partial charge on any atom is -0.399 e. The second-order valence-electron chi connectivity index (χ2n) is 5.03. The Morgan fingerprint density at radius 2 is 1.90 bits per heavy atom. The van der Waals surface area contributed by atoms with Crippen LogP contribution in [0.1, 0.15) is 0 Å². The smallest absolute Gasteiger partial charge is 0.266 e. The molecule has 0 bridgehead atoms. The summed E-state index contributed by atoms with van der Waals surface area (Å²) in [5, 5.41) is 12.1. The quantitative estimate of drug-likeness (QED) is 0.489. The molecule has 0 aliphatic carbocycles. The summed E-state index contributed by atoms with van der Waals surface area (Å²) in [6.07, 6.45) is 1.45. The lowest BCUT2D eigenvalue weighted by atomic mass is 10.2. The van der Waals surface area contributed by atoms with Crippen molar-refractivity contribution in [1.82, 2.24) is 9.80 Å². The molecule has 0 saturated carbocycles. The topological polar surface area (TPSA) is 85.4 Å². The minimum atomic E-state index is -0.228. The maximum atomic E-state index is 12.3. The number of anilines is 2. The van der Waals surface area contributed by atoms with Crippen LogP contribution in [0.25, 0.3) is 0 Å². The highest BCUT2D eigenvalue weighted by molar-refractivity contribution is 5.97. The van der Waals surface area contributed by atoms with Crippen molar-refractivity contribution in [1.29, 1.82) is 5.26 Å². The van der Waals surface area contributed by atoms with Gasteiger partial charge in [0.25, 0.3) is 5.91 Å². The maximum Gasteiger partial charge on any atom is 0.266 e. The Labute approximate surface area is 124 Å². The summed E-state index contributed by atoms with van der Waals surface area (Å²) in [5.74, 6) is -0.228. The van der Waals surface area contributed by atoms with E-state index in [4.69, 9.17) is 11.0 Å². The van der Waals surface area contributed by atoms with Gasteiger partial charge in [-0.25, -0.2) is 0 Å². The van der Waals surface area contributed by atoms with Crippen LogP contribution < -0.4 is 11.1 Å². The van der Waals surface area contributed by atoms with Crippen molar-refractivity contribution in [3.8, 4) is 6.07 Å². The molecule has 110 valence electrons. The van der Waals surface area contributed by atoms with E-state index in [1.807, 2.05) is 13.1 Å². The molecular formula is C15H19N5O. The largest absolute Gasteiger partial charge is 0.399 e. The number of hydrogen-bond acceptors (Lipinski definition) is 5. The Hall–Kier alpha value is -2.52. The molecule has 0 unspecified atom stereocenters. The van der Waals surface area contributed by atoms with Crippen molar-refractivity contribution in [2.45, 2.75) is 0 Å². The molecule has 1 amide bonds. The number of likely N-dealkylation sites (N-methyl/N-ethyl adjacent to an activating group) is 1. The highest BCUT2D eigenvalue weighted by atomic mass is 16.2. The van der Waals surface area contributed by atoms with E-state index in [1.165, 1.54) is 6.20 Å². The number of hydrogen-bond donors (Lipinski definition) is 2. The van der Waals surface area contributed by atoms with Gasteiger partial charge in [0, 0.05) is 43.8 Å². The van der Waals surface area contributed by atoms with E-state index < -0.39 is 0 Å². The average Bonchev–Trinajstić information content (AvgIpc) is 2.50. The molecule has 0 spiro atoms. The highest BCUT2D eigenvalue weighted by Gasteiger charge is 2.21. The molecule has 1 heterocycles. The summed E-state index contributed by atoms with van der Waals surface area (Å²) < 4.78 is 0. The number of carbonyl (C=O) groups excluding carboxylic acids is 1. The van der Waals surface area contributed by atoms with E-state index in [2.05, 4.69) is 10.2 Å². The first-order chi connectivity index (χ1) is 10.1. The molecule has 3 N–H and O–H groups in total. The summed E-state index contributed by atoms with van der Waals surface area (Å²) in [5.41, 5.74) is 7.16. The van der Waals surface area contributed by atoms with E-state index in [9.17, 15) is 4.79 Å². The molecule has 1 aromatic carbocycles. The van der Waals surface area contributed by atoms with E-state index in [0.29, 0.717) is 18.8 Å². The number of nitrogens with zero attached hydrogens (tertiary/aromatic N) is 3. The fraction of sp³-hybridized carbons (Fsp3) is 0.333. The molecule has 1 aliphatic rings. The zero-order valence-corrected chi connectivity index (χ0v) is 12.0. The highest BCUT2D eigenvalue weighted by Crippen LogP contribution is 2.12. The lowest BCUT2D eigenvalue weighted by Gasteiger charge is -2.32. The molecule has 6 heteroatoms. The molecule has 1 aliphatic heterocycles. The second kappa shape index (κ2) is 6.77. The first-order valence-corrected chi connectivity index (χ1v) is 6.80. The number of carbonyl (C=O) groups is 1. The Balaban J connectivity index is 2.01. The van der Waals surface area contributed by atoms with E-state index >= 15 is 0 Å². The van der Waals surface area contributed by atoms with Gasteiger partial charge in [0.1, 0.15) is 11.6 Å². The lowest BCUT2D eigenvalue weighted by molar-refractivity contribution is -0.128. The van der Waals surface area contributed by atoms with Gasteiger partial charge in [-0.2, -0.15) is 5.26 Å². The predicted molar refractivity (Wildman–Crippen MR) is 82.3 cm³/mol. The lowest BCUT2D eigenvalue weighted by Crippen LogP contribution is -2.47. The SMILES string of the molecule is CN1CCN(C(=O)/C(C#N)=C\Nc2ccc(N)cc2)CC1. The van der Waals surface area contributed by atoms with Crippen LogP contribution in [0.2, 0.25) is 0 Å². The number of amides is 1. The number of nitrogens with one attached hydrogen (secondary N) is 1. The van der Waals surface area contributed by atoms with Crippen LogP contribution in [0.3, 0.4) is 0 Å². The van der Waals surface area contributed by atoms with Crippen LogP contribution in [0, 0.1) is 11.3 Å². The summed E-state index contributed by atoms with van der Waals surface area (Å²) in [4.78, 5) is 16.1. The van der Waals surface area contributed by atoms with Crippen molar-refractivity contribution in [3.63, 3.8) is 0 Å². The van der Waals surface area contributed by atoms with Crippen molar-refractivity contribution < 1.29 is 4.79 Å². The molecule has 0 radical (unpaired) electrons. The zero-order valence-electron chi connectivity index (χ0n) is 12.0. The van der Waals surface area contributed by atoms with Crippen LogP contribution in [0.15, 0.2) is 36.0 Å². The van der Waals surface area contributed by atoms with Crippen LogP contribution in [-0.4, -0.2) is 48.9 Å². The van der Waals surface area contributed by atoms with Gasteiger partial charge in [-0.05, 0) is 31.3 Å². The number of piperazine rings is 1.